The van der Waals surface area contributed by atoms with Crippen LogP contribution in [0.4, 0.5) is 19.0 Å². The highest BCUT2D eigenvalue weighted by Gasteiger charge is 2.20. The Morgan fingerprint density at radius 2 is 1.70 bits per heavy atom. The number of anilines is 1. The number of hydrogen-bond donors (Lipinski definition) is 0. The molecule has 6 heteroatoms. The predicted molar refractivity (Wildman–Crippen MR) is 72.4 cm³/mol. The van der Waals surface area contributed by atoms with Crippen molar-refractivity contribution in [3.63, 3.8) is 0 Å². The summed E-state index contributed by atoms with van der Waals surface area (Å²) in [6.07, 6.45) is 0. The molecule has 2 rings (SSSR count). The highest BCUT2D eigenvalue weighted by atomic mass is 35.5. The van der Waals surface area contributed by atoms with Crippen LogP contribution in [0.5, 0.6) is 0 Å². The molecule has 1 unspecified atom stereocenters. The van der Waals surface area contributed by atoms with Gasteiger partial charge in [-0.3, -0.25) is 0 Å². The second kappa shape index (κ2) is 5.71. The fourth-order valence-electron chi connectivity index (χ4n) is 1.83. The SMILES string of the molecule is CC(c1ccc(Cl)cc1)N(C)c1nc(F)c(F)cc1F. The average Bonchev–Trinajstić information content (AvgIpc) is 2.42. The Morgan fingerprint density at radius 1 is 1.10 bits per heavy atom. The molecule has 1 aromatic carbocycles. The van der Waals surface area contributed by atoms with Crippen molar-refractivity contribution in [3.8, 4) is 0 Å². The van der Waals surface area contributed by atoms with Gasteiger partial charge in [0.1, 0.15) is 0 Å². The molecule has 1 atom stereocenters. The topological polar surface area (TPSA) is 16.1 Å². The van der Waals surface area contributed by atoms with Crippen molar-refractivity contribution in [3.05, 3.63) is 58.5 Å². The van der Waals surface area contributed by atoms with E-state index in [1.165, 1.54) is 4.90 Å². The highest BCUT2D eigenvalue weighted by molar-refractivity contribution is 6.30. The van der Waals surface area contributed by atoms with Crippen LogP contribution in [0.3, 0.4) is 0 Å². The smallest absolute Gasteiger partial charge is 0.251 e. The van der Waals surface area contributed by atoms with Gasteiger partial charge in [0, 0.05) is 18.1 Å². The molecule has 0 N–H and O–H groups in total. The summed E-state index contributed by atoms with van der Waals surface area (Å²) in [4.78, 5) is 4.75. The van der Waals surface area contributed by atoms with Crippen LogP contribution in [0.1, 0.15) is 18.5 Å². The van der Waals surface area contributed by atoms with Gasteiger partial charge in [-0.05, 0) is 24.6 Å². The van der Waals surface area contributed by atoms with Crippen LogP contribution in [0, 0.1) is 17.6 Å². The molecule has 0 radical (unpaired) electrons. The minimum absolute atomic E-state index is 0.244. The minimum Gasteiger partial charge on any atom is -0.350 e. The quantitative estimate of drug-likeness (QED) is 0.783. The maximum Gasteiger partial charge on any atom is 0.251 e. The first-order valence-corrected chi connectivity index (χ1v) is 6.27. The van der Waals surface area contributed by atoms with Gasteiger partial charge in [-0.15, -0.1) is 0 Å². The molecule has 0 saturated heterocycles. The lowest BCUT2D eigenvalue weighted by molar-refractivity contribution is 0.462. The third-order valence-electron chi connectivity index (χ3n) is 3.14. The Morgan fingerprint density at radius 3 is 2.30 bits per heavy atom. The fourth-order valence-corrected chi connectivity index (χ4v) is 1.96. The van der Waals surface area contributed by atoms with E-state index in [1.807, 2.05) is 0 Å². The van der Waals surface area contributed by atoms with E-state index in [2.05, 4.69) is 4.98 Å². The molecule has 1 aromatic heterocycles. The number of nitrogens with zero attached hydrogens (tertiary/aromatic N) is 2. The van der Waals surface area contributed by atoms with E-state index in [-0.39, 0.29) is 11.9 Å². The van der Waals surface area contributed by atoms with Crippen LogP contribution in [0.25, 0.3) is 0 Å². The zero-order chi connectivity index (χ0) is 14.9. The largest absolute Gasteiger partial charge is 0.350 e. The molecule has 0 saturated carbocycles. The van der Waals surface area contributed by atoms with E-state index in [0.717, 1.165) is 5.56 Å². The van der Waals surface area contributed by atoms with Crippen LogP contribution in [0.2, 0.25) is 5.02 Å². The molecule has 0 spiro atoms. The molecule has 20 heavy (non-hydrogen) atoms. The number of benzene rings is 1. The molecular weight excluding hydrogens is 289 g/mol. The summed E-state index contributed by atoms with van der Waals surface area (Å²) < 4.78 is 39.7. The van der Waals surface area contributed by atoms with Crippen LogP contribution in [0.15, 0.2) is 30.3 Å². The summed E-state index contributed by atoms with van der Waals surface area (Å²) in [5.74, 6) is -3.78. The number of hydrogen-bond acceptors (Lipinski definition) is 2. The minimum atomic E-state index is -1.32. The first-order chi connectivity index (χ1) is 9.40. The molecule has 2 nitrogen and oxygen atoms in total. The molecule has 0 amide bonds. The van der Waals surface area contributed by atoms with Crippen molar-refractivity contribution in [2.45, 2.75) is 13.0 Å². The Bertz CT molecular complexity index is 617. The lowest BCUT2D eigenvalue weighted by atomic mass is 10.1. The van der Waals surface area contributed by atoms with Gasteiger partial charge < -0.3 is 4.90 Å². The van der Waals surface area contributed by atoms with Gasteiger partial charge in [0.05, 0.1) is 6.04 Å². The van der Waals surface area contributed by atoms with E-state index >= 15 is 0 Å². The second-order valence-electron chi connectivity index (χ2n) is 4.40. The van der Waals surface area contributed by atoms with Crippen molar-refractivity contribution < 1.29 is 13.2 Å². The first-order valence-electron chi connectivity index (χ1n) is 5.90. The lowest BCUT2D eigenvalue weighted by Gasteiger charge is -2.26. The lowest BCUT2D eigenvalue weighted by Crippen LogP contribution is -2.24. The van der Waals surface area contributed by atoms with E-state index in [9.17, 15) is 13.2 Å². The molecule has 0 aliphatic carbocycles. The summed E-state index contributed by atoms with van der Waals surface area (Å²) in [5.41, 5.74) is 0.850. The summed E-state index contributed by atoms with van der Waals surface area (Å²) in [6.45, 7) is 1.80. The van der Waals surface area contributed by atoms with Gasteiger partial charge in [0.15, 0.2) is 17.5 Å². The van der Waals surface area contributed by atoms with Crippen molar-refractivity contribution in [2.24, 2.45) is 0 Å². The number of aromatic nitrogens is 1. The van der Waals surface area contributed by atoms with Crippen molar-refractivity contribution in [1.82, 2.24) is 4.98 Å². The van der Waals surface area contributed by atoms with Crippen LogP contribution < -0.4 is 4.90 Å². The normalized spacial score (nSPS) is 12.3. The van der Waals surface area contributed by atoms with E-state index in [1.54, 1.807) is 38.2 Å². The maximum atomic E-state index is 13.7. The second-order valence-corrected chi connectivity index (χ2v) is 4.84. The molecule has 2 aromatic rings. The van der Waals surface area contributed by atoms with Crippen LogP contribution >= 0.6 is 11.6 Å². The van der Waals surface area contributed by atoms with E-state index < -0.39 is 17.6 Å². The van der Waals surface area contributed by atoms with Crippen LogP contribution in [-0.4, -0.2) is 12.0 Å². The maximum absolute atomic E-state index is 13.7. The average molecular weight is 301 g/mol. The highest BCUT2D eigenvalue weighted by Crippen LogP contribution is 2.27. The standard InChI is InChI=1S/C14H12ClF3N2/c1-8(9-3-5-10(15)6-4-9)20(2)14-12(17)7-11(16)13(18)19-14/h3-8H,1-2H3. The van der Waals surface area contributed by atoms with E-state index in [0.29, 0.717) is 11.1 Å². The van der Waals surface area contributed by atoms with Gasteiger partial charge in [0.2, 0.25) is 0 Å². The molecule has 106 valence electrons. The molecule has 0 aliphatic heterocycles. The zero-order valence-corrected chi connectivity index (χ0v) is 11.6. The van der Waals surface area contributed by atoms with E-state index in [4.69, 9.17) is 11.6 Å². The van der Waals surface area contributed by atoms with Crippen LogP contribution in [-0.2, 0) is 0 Å². The van der Waals surface area contributed by atoms with Gasteiger partial charge in [-0.2, -0.15) is 9.37 Å². The van der Waals surface area contributed by atoms with Gasteiger partial charge in [-0.1, -0.05) is 23.7 Å². The Kier molecular flexibility index (Phi) is 4.18. The Hall–Kier alpha value is -1.75. The monoisotopic (exact) mass is 300 g/mol. The van der Waals surface area contributed by atoms with Crippen molar-refractivity contribution in [2.75, 3.05) is 11.9 Å². The predicted octanol–water partition coefficient (Wildman–Crippen LogP) is 4.35. The summed E-state index contributed by atoms with van der Waals surface area (Å²) in [6, 6.07) is 7.18. The molecule has 1 heterocycles. The van der Waals surface area contributed by atoms with Crippen molar-refractivity contribution in [1.29, 1.82) is 0 Å². The fraction of sp³-hybridized carbons (Fsp3) is 0.214. The van der Waals surface area contributed by atoms with Crippen molar-refractivity contribution >= 4 is 17.4 Å². The molecule has 0 fully saturated rings. The number of halogens is 4. The Labute approximate surface area is 119 Å². The summed E-state index contributed by atoms with van der Waals surface area (Å²) in [7, 11) is 1.56. The van der Waals surface area contributed by atoms with Gasteiger partial charge >= 0.3 is 0 Å². The molecular formula is C14H12ClF3N2. The number of rotatable bonds is 3. The number of pyridine rings is 1. The Balaban J connectivity index is 2.33. The summed E-state index contributed by atoms with van der Waals surface area (Å²) in [5, 5.41) is 0.584. The first kappa shape index (κ1) is 14.7. The summed E-state index contributed by atoms with van der Waals surface area (Å²) >= 11 is 5.80. The molecule has 0 aliphatic rings. The van der Waals surface area contributed by atoms with Gasteiger partial charge in [0.25, 0.3) is 5.95 Å². The third-order valence-corrected chi connectivity index (χ3v) is 3.39. The zero-order valence-electron chi connectivity index (χ0n) is 10.9. The molecule has 0 bridgehead atoms. The van der Waals surface area contributed by atoms with Gasteiger partial charge in [-0.25, -0.2) is 8.78 Å². The third kappa shape index (κ3) is 2.88.